The molecule has 11 aromatic carbocycles. The standard InChI is InChI=1S/2C40H25N5.C36H23N5/c1-3-9-32-26(6-1)13-19-38-40(32)33-22-28(34-16-12-31(25-42-34)36-17-11-27-7-2-4-10-35(27)44-36)14-18-37(33)45(38)39-20-15-30(24-43-39)29-8-5-21-41-23-29;1-3-9-32-26(6-1)12-17-37-39(32)34-22-28(35-15-11-31(25-43-35)40-33-10-4-2-7-27(33)19-21-42-40)13-16-36(34)45(37)38-18-14-30(24-44-38)29-8-5-20-41-23-29;1-2-8-29-24(6-1)11-16-34-36(29)30-20-25(27-10-14-32(39-22-27)31-9-3-4-19-38-31)12-15-33(30)41(34)35-17-13-28(23-40-35)26-7-5-18-37-21-26/h2*1-25H;1-23H. The van der Waals surface area contributed by atoms with Crippen molar-refractivity contribution in [1.29, 1.82) is 0 Å². The van der Waals surface area contributed by atoms with Crippen molar-refractivity contribution < 1.29 is 0 Å². The molecule has 0 radical (unpaired) electrons. The van der Waals surface area contributed by atoms with E-state index in [0.29, 0.717) is 0 Å². The molecule has 0 aliphatic rings. The number of hydrogen-bond donors (Lipinski definition) is 0. The molecule has 131 heavy (non-hydrogen) atoms. The fourth-order valence-corrected chi connectivity index (χ4v) is 18.5. The molecule has 15 heteroatoms. The highest BCUT2D eigenvalue weighted by molar-refractivity contribution is 6.24. The van der Waals surface area contributed by atoms with Crippen LogP contribution in [0.1, 0.15) is 0 Å². The van der Waals surface area contributed by atoms with Gasteiger partial charge >= 0.3 is 0 Å². The highest BCUT2D eigenvalue weighted by atomic mass is 15.1. The number of rotatable bonds is 12. The lowest BCUT2D eigenvalue weighted by atomic mass is 10.0. The van der Waals surface area contributed by atoms with E-state index in [0.717, 1.165) is 168 Å². The van der Waals surface area contributed by atoms with Gasteiger partial charge in [0.25, 0.3) is 0 Å². The second-order valence-corrected chi connectivity index (χ2v) is 32.5. The number of aromatic nitrogens is 15. The molecule has 15 heterocycles. The maximum atomic E-state index is 4.94. The number of nitrogens with zero attached hydrogens (tertiary/aromatic N) is 15. The molecule has 26 aromatic rings. The molecular formula is C116H73N15. The first-order valence-electron chi connectivity index (χ1n) is 43.4. The van der Waals surface area contributed by atoms with Gasteiger partial charge in [0.05, 0.1) is 72.8 Å². The zero-order valence-corrected chi connectivity index (χ0v) is 70.4. The fraction of sp³-hybridized carbons (Fsp3) is 0. The van der Waals surface area contributed by atoms with Gasteiger partial charge in [-0.2, -0.15) is 0 Å². The first-order chi connectivity index (χ1) is 64.9. The Morgan fingerprint density at radius 1 is 0.168 bits per heavy atom. The number of pyridine rings is 12. The van der Waals surface area contributed by atoms with E-state index in [-0.39, 0.29) is 0 Å². The third-order valence-corrected chi connectivity index (χ3v) is 24.9. The molecule has 0 amide bonds. The van der Waals surface area contributed by atoms with Crippen LogP contribution in [0.2, 0.25) is 0 Å². The van der Waals surface area contributed by atoms with Crippen LogP contribution < -0.4 is 0 Å². The Bertz CT molecular complexity index is 8830. The van der Waals surface area contributed by atoms with E-state index in [4.69, 9.17) is 34.9 Å². The third-order valence-electron chi connectivity index (χ3n) is 24.9. The van der Waals surface area contributed by atoms with E-state index in [9.17, 15) is 0 Å². The SMILES string of the molecule is c1ccc(-c2ccc(-c3ccc4c(c3)c3c5ccccc5ccc3n4-c3ccc(-c4cccnc4)cn3)cn2)nc1.c1cncc(-c2ccc(-n3c4ccc(-c5ccc(-c6ccc7ccccc7n6)cn5)cc4c4c5ccccc5ccc43)nc2)c1.c1cncc(-c2ccc(-n3c4ccc(-c5ccc(-c6nccc7ccccc67)cn5)cc4c4c5ccccc5ccc43)nc2)c1. The van der Waals surface area contributed by atoms with Gasteiger partial charge in [-0.15, -0.1) is 0 Å². The maximum Gasteiger partial charge on any atom is 0.137 e. The van der Waals surface area contributed by atoms with Crippen molar-refractivity contribution >= 4 is 119 Å². The molecular weight excluding hydrogens is 1600 g/mol. The summed E-state index contributed by atoms with van der Waals surface area (Å²) in [4.78, 5) is 56.1. The number of fused-ring (bicyclic) bond motifs is 17. The van der Waals surface area contributed by atoms with Crippen molar-refractivity contribution in [1.82, 2.24) is 73.5 Å². The van der Waals surface area contributed by atoms with Crippen LogP contribution in [-0.2, 0) is 0 Å². The summed E-state index contributed by atoms with van der Waals surface area (Å²) in [5.41, 5.74) is 25.6. The molecule has 15 nitrogen and oxygen atoms in total. The van der Waals surface area contributed by atoms with Crippen LogP contribution in [0.4, 0.5) is 0 Å². The average Bonchev–Trinajstić information content (AvgIpc) is 1.58. The first kappa shape index (κ1) is 76.6. The summed E-state index contributed by atoms with van der Waals surface area (Å²) in [7, 11) is 0. The van der Waals surface area contributed by atoms with E-state index in [1.165, 1.54) is 70.0 Å². The Morgan fingerprint density at radius 3 is 0.962 bits per heavy atom. The van der Waals surface area contributed by atoms with E-state index < -0.39 is 0 Å². The van der Waals surface area contributed by atoms with Crippen LogP contribution in [0.25, 0.3) is 238 Å². The Labute approximate surface area is 751 Å². The molecule has 0 saturated heterocycles. The van der Waals surface area contributed by atoms with Gasteiger partial charge in [-0.05, 0) is 213 Å². The zero-order chi connectivity index (χ0) is 86.7. The van der Waals surface area contributed by atoms with Crippen LogP contribution in [-0.4, -0.2) is 73.5 Å². The Hall–Kier alpha value is -18.1. The predicted octanol–water partition coefficient (Wildman–Crippen LogP) is 27.9. The summed E-state index contributed by atoms with van der Waals surface area (Å²) >= 11 is 0. The molecule has 0 unspecified atom stereocenters. The topological polar surface area (TPSA) is 169 Å². The quantitative estimate of drug-likeness (QED) is 0.114. The van der Waals surface area contributed by atoms with Crippen molar-refractivity contribution in [2.24, 2.45) is 0 Å². The second kappa shape index (κ2) is 32.8. The second-order valence-electron chi connectivity index (χ2n) is 32.5. The predicted molar refractivity (Wildman–Crippen MR) is 532 cm³/mol. The van der Waals surface area contributed by atoms with Crippen LogP contribution in [0.15, 0.2) is 445 Å². The highest BCUT2D eigenvalue weighted by Crippen LogP contribution is 2.44. The lowest BCUT2D eigenvalue weighted by Gasteiger charge is -2.09. The van der Waals surface area contributed by atoms with Gasteiger partial charge in [-0.25, -0.2) is 19.9 Å². The van der Waals surface area contributed by atoms with Gasteiger partial charge < -0.3 is 0 Å². The van der Waals surface area contributed by atoms with Gasteiger partial charge in [0.1, 0.15) is 17.5 Å². The molecule has 15 aromatic heterocycles. The third kappa shape index (κ3) is 14.1. The van der Waals surface area contributed by atoms with Gasteiger partial charge in [-0.3, -0.25) is 53.6 Å². The minimum absolute atomic E-state index is 0.860. The lowest BCUT2D eigenvalue weighted by Crippen LogP contribution is -1.97. The van der Waals surface area contributed by atoms with Crippen LogP contribution in [0.3, 0.4) is 0 Å². The van der Waals surface area contributed by atoms with Crippen LogP contribution >= 0.6 is 0 Å². The van der Waals surface area contributed by atoms with Crippen LogP contribution in [0, 0.1) is 0 Å². The monoisotopic (exact) mass is 1680 g/mol. The van der Waals surface area contributed by atoms with Crippen molar-refractivity contribution in [3.05, 3.63) is 445 Å². The van der Waals surface area contributed by atoms with Crippen molar-refractivity contribution in [2.75, 3.05) is 0 Å². The Balaban J connectivity index is 0.000000109. The summed E-state index contributed by atoms with van der Waals surface area (Å²) < 4.78 is 6.78. The number of benzene rings is 11. The minimum Gasteiger partial charge on any atom is -0.294 e. The normalized spacial score (nSPS) is 11.5. The molecule has 0 aliphatic carbocycles. The van der Waals surface area contributed by atoms with Crippen molar-refractivity contribution in [3.8, 4) is 118 Å². The molecule has 26 rings (SSSR count). The number of para-hydroxylation sites is 1. The van der Waals surface area contributed by atoms with E-state index in [1.54, 1.807) is 24.8 Å². The van der Waals surface area contributed by atoms with Gasteiger partial charge in [0.15, 0.2) is 0 Å². The van der Waals surface area contributed by atoms with E-state index >= 15 is 0 Å². The molecule has 0 saturated carbocycles. The van der Waals surface area contributed by atoms with Gasteiger partial charge in [0.2, 0.25) is 0 Å². The first-order valence-corrected chi connectivity index (χ1v) is 43.4. The molecule has 0 N–H and O–H groups in total. The van der Waals surface area contributed by atoms with Crippen molar-refractivity contribution in [3.63, 3.8) is 0 Å². The summed E-state index contributed by atoms with van der Waals surface area (Å²) in [6, 6.07) is 125. The van der Waals surface area contributed by atoms with Crippen molar-refractivity contribution in [2.45, 2.75) is 0 Å². The van der Waals surface area contributed by atoms with E-state index in [2.05, 4.69) is 330 Å². The molecule has 0 atom stereocenters. The largest absolute Gasteiger partial charge is 0.294 e. The minimum atomic E-state index is 0.860. The van der Waals surface area contributed by atoms with Gasteiger partial charge in [-0.1, -0.05) is 188 Å². The Morgan fingerprint density at radius 2 is 0.519 bits per heavy atom. The van der Waals surface area contributed by atoms with Gasteiger partial charge in [0, 0.05) is 191 Å². The zero-order valence-electron chi connectivity index (χ0n) is 70.4. The maximum absolute atomic E-state index is 4.94. The smallest absolute Gasteiger partial charge is 0.137 e. The molecule has 0 aliphatic heterocycles. The average molecular weight is 1680 g/mol. The lowest BCUT2D eigenvalue weighted by molar-refractivity contribution is 1.08. The molecule has 0 bridgehead atoms. The van der Waals surface area contributed by atoms with Crippen LogP contribution in [0.5, 0.6) is 0 Å². The summed E-state index contributed by atoms with van der Waals surface area (Å²) in [6.07, 6.45) is 26.2. The summed E-state index contributed by atoms with van der Waals surface area (Å²) in [5.74, 6) is 2.62. The number of hydrogen-bond acceptors (Lipinski definition) is 12. The summed E-state index contributed by atoms with van der Waals surface area (Å²) in [6.45, 7) is 0. The molecule has 0 fully saturated rings. The fourth-order valence-electron chi connectivity index (χ4n) is 18.5. The molecule has 612 valence electrons. The highest BCUT2D eigenvalue weighted by Gasteiger charge is 2.23. The molecule has 0 spiro atoms. The summed E-state index contributed by atoms with van der Waals surface area (Å²) in [5, 5.41) is 17.9. The Kier molecular flexibility index (Phi) is 19.2. The van der Waals surface area contributed by atoms with E-state index in [1.807, 2.05) is 129 Å².